The van der Waals surface area contributed by atoms with Gasteiger partial charge in [0.05, 0.1) is 5.69 Å². The maximum atomic E-state index is 5.61. The standard InChI is InChI=1S/C11H13N5S/c1-6-5-9(15-10(12)13-6)16-11-14-7-3-2-4-8(7)17-11/h5H,2-4H2,1H3,(H3,12,13,14,15,16). The lowest BCUT2D eigenvalue weighted by Crippen LogP contribution is -2.01. The minimum absolute atomic E-state index is 0.289. The van der Waals surface area contributed by atoms with E-state index in [4.69, 9.17) is 5.73 Å². The van der Waals surface area contributed by atoms with Crippen molar-refractivity contribution in [1.29, 1.82) is 0 Å². The molecule has 2 aromatic rings. The van der Waals surface area contributed by atoms with Crippen LogP contribution in [0, 0.1) is 6.92 Å². The van der Waals surface area contributed by atoms with E-state index in [1.54, 1.807) is 11.3 Å². The SMILES string of the molecule is Cc1cc(Nc2nc3c(s2)CCC3)nc(N)n1. The first kappa shape index (κ1) is 10.5. The quantitative estimate of drug-likeness (QED) is 0.849. The number of hydrogen-bond donors (Lipinski definition) is 2. The van der Waals surface area contributed by atoms with Crippen LogP contribution in [0.4, 0.5) is 16.9 Å². The van der Waals surface area contributed by atoms with E-state index in [0.29, 0.717) is 5.82 Å². The lowest BCUT2D eigenvalue weighted by atomic mass is 10.4. The van der Waals surface area contributed by atoms with Gasteiger partial charge in [0.15, 0.2) is 5.13 Å². The lowest BCUT2D eigenvalue weighted by Gasteiger charge is -2.03. The molecule has 0 radical (unpaired) electrons. The fraction of sp³-hybridized carbons (Fsp3) is 0.364. The maximum absolute atomic E-state index is 5.61. The fourth-order valence-electron chi connectivity index (χ4n) is 2.01. The summed E-state index contributed by atoms with van der Waals surface area (Å²) in [6.07, 6.45) is 3.48. The number of hydrogen-bond acceptors (Lipinski definition) is 6. The fourth-order valence-corrected chi connectivity index (χ4v) is 3.07. The number of nitrogens with two attached hydrogens (primary N) is 1. The summed E-state index contributed by atoms with van der Waals surface area (Å²) < 4.78 is 0. The summed E-state index contributed by atoms with van der Waals surface area (Å²) in [7, 11) is 0. The first-order chi connectivity index (χ1) is 8.20. The van der Waals surface area contributed by atoms with E-state index in [-0.39, 0.29) is 5.95 Å². The Balaban J connectivity index is 1.86. The largest absolute Gasteiger partial charge is 0.368 e. The molecule has 6 heteroatoms. The molecule has 88 valence electrons. The molecule has 0 bridgehead atoms. The van der Waals surface area contributed by atoms with Crippen molar-refractivity contribution in [2.75, 3.05) is 11.1 Å². The van der Waals surface area contributed by atoms with Crippen molar-refractivity contribution in [2.24, 2.45) is 0 Å². The van der Waals surface area contributed by atoms with Gasteiger partial charge >= 0.3 is 0 Å². The molecule has 0 amide bonds. The van der Waals surface area contributed by atoms with Crippen molar-refractivity contribution < 1.29 is 0 Å². The number of thiazole rings is 1. The van der Waals surface area contributed by atoms with Crippen LogP contribution < -0.4 is 11.1 Å². The number of aromatic nitrogens is 3. The molecule has 0 aromatic carbocycles. The summed E-state index contributed by atoms with van der Waals surface area (Å²) >= 11 is 1.71. The lowest BCUT2D eigenvalue weighted by molar-refractivity contribution is 0.900. The van der Waals surface area contributed by atoms with Crippen molar-refractivity contribution in [2.45, 2.75) is 26.2 Å². The Bertz CT molecular complexity index is 521. The Morgan fingerprint density at radius 2 is 2.18 bits per heavy atom. The van der Waals surface area contributed by atoms with Crippen molar-refractivity contribution in [3.8, 4) is 0 Å². The summed E-state index contributed by atoms with van der Waals surface area (Å²) in [6.45, 7) is 1.89. The molecule has 3 rings (SSSR count). The van der Waals surface area contributed by atoms with E-state index in [0.717, 1.165) is 23.7 Å². The Hall–Kier alpha value is -1.69. The predicted octanol–water partition coefficient (Wildman–Crippen LogP) is 2.06. The van der Waals surface area contributed by atoms with Gasteiger partial charge in [-0.25, -0.2) is 9.97 Å². The Labute approximate surface area is 103 Å². The topological polar surface area (TPSA) is 76.7 Å². The first-order valence-corrected chi connectivity index (χ1v) is 6.39. The van der Waals surface area contributed by atoms with Crippen LogP contribution in [-0.2, 0) is 12.8 Å². The normalized spacial score (nSPS) is 13.7. The highest BCUT2D eigenvalue weighted by molar-refractivity contribution is 7.15. The van der Waals surface area contributed by atoms with Gasteiger partial charge in [0.1, 0.15) is 5.82 Å². The zero-order chi connectivity index (χ0) is 11.8. The molecule has 0 saturated heterocycles. The van der Waals surface area contributed by atoms with Crippen LogP contribution in [-0.4, -0.2) is 15.0 Å². The third-order valence-electron chi connectivity index (χ3n) is 2.70. The molecule has 0 saturated carbocycles. The van der Waals surface area contributed by atoms with Gasteiger partial charge in [0, 0.05) is 16.6 Å². The van der Waals surface area contributed by atoms with Gasteiger partial charge in [-0.15, -0.1) is 11.3 Å². The highest BCUT2D eigenvalue weighted by atomic mass is 32.1. The molecule has 0 fully saturated rings. The van der Waals surface area contributed by atoms with Gasteiger partial charge in [0.2, 0.25) is 5.95 Å². The Morgan fingerprint density at radius 1 is 1.29 bits per heavy atom. The second kappa shape index (κ2) is 3.96. The zero-order valence-corrected chi connectivity index (χ0v) is 10.3. The van der Waals surface area contributed by atoms with Crippen molar-refractivity contribution in [3.63, 3.8) is 0 Å². The molecular weight excluding hydrogens is 234 g/mol. The third-order valence-corrected chi connectivity index (χ3v) is 3.78. The molecule has 1 aliphatic carbocycles. The van der Waals surface area contributed by atoms with Crippen LogP contribution in [0.25, 0.3) is 0 Å². The molecule has 1 aliphatic rings. The molecule has 5 nitrogen and oxygen atoms in total. The average molecular weight is 247 g/mol. The Morgan fingerprint density at radius 3 is 2.94 bits per heavy atom. The predicted molar refractivity (Wildman–Crippen MR) is 68.6 cm³/mol. The number of nitrogen functional groups attached to an aromatic ring is 1. The van der Waals surface area contributed by atoms with Gasteiger partial charge in [0.25, 0.3) is 0 Å². The minimum Gasteiger partial charge on any atom is -0.368 e. The van der Waals surface area contributed by atoms with Crippen LogP contribution in [0.3, 0.4) is 0 Å². The van der Waals surface area contributed by atoms with Crippen LogP contribution in [0.1, 0.15) is 22.7 Å². The van der Waals surface area contributed by atoms with Crippen LogP contribution in [0.5, 0.6) is 0 Å². The maximum Gasteiger partial charge on any atom is 0.222 e. The monoisotopic (exact) mass is 247 g/mol. The van der Waals surface area contributed by atoms with Crippen molar-refractivity contribution >= 4 is 28.2 Å². The average Bonchev–Trinajstić information content (AvgIpc) is 2.75. The molecular formula is C11H13N5S. The van der Waals surface area contributed by atoms with Crippen LogP contribution >= 0.6 is 11.3 Å². The molecule has 2 heterocycles. The summed E-state index contributed by atoms with van der Waals surface area (Å²) in [6, 6.07) is 1.86. The van der Waals surface area contributed by atoms with Gasteiger partial charge in [-0.1, -0.05) is 0 Å². The molecule has 0 unspecified atom stereocenters. The highest BCUT2D eigenvalue weighted by Gasteiger charge is 2.16. The van der Waals surface area contributed by atoms with E-state index in [1.165, 1.54) is 17.0 Å². The second-order valence-electron chi connectivity index (χ2n) is 4.12. The molecule has 17 heavy (non-hydrogen) atoms. The molecule has 2 aromatic heterocycles. The zero-order valence-electron chi connectivity index (χ0n) is 9.53. The minimum atomic E-state index is 0.289. The van der Waals surface area contributed by atoms with E-state index >= 15 is 0 Å². The van der Waals surface area contributed by atoms with Gasteiger partial charge in [-0.2, -0.15) is 4.98 Å². The summed E-state index contributed by atoms with van der Waals surface area (Å²) in [5, 5.41) is 4.09. The van der Waals surface area contributed by atoms with Crippen LogP contribution in [0.15, 0.2) is 6.07 Å². The Kier molecular flexibility index (Phi) is 2.44. The second-order valence-corrected chi connectivity index (χ2v) is 5.20. The van der Waals surface area contributed by atoms with E-state index < -0.39 is 0 Å². The number of nitrogens with one attached hydrogen (secondary N) is 1. The van der Waals surface area contributed by atoms with Crippen LogP contribution in [0.2, 0.25) is 0 Å². The molecule has 0 atom stereocenters. The van der Waals surface area contributed by atoms with Gasteiger partial charge in [-0.3, -0.25) is 0 Å². The van der Waals surface area contributed by atoms with Gasteiger partial charge < -0.3 is 11.1 Å². The highest BCUT2D eigenvalue weighted by Crippen LogP contribution is 2.31. The molecule has 0 aliphatic heterocycles. The summed E-state index contributed by atoms with van der Waals surface area (Å²) in [4.78, 5) is 14.1. The van der Waals surface area contributed by atoms with Gasteiger partial charge in [-0.05, 0) is 26.2 Å². The summed E-state index contributed by atoms with van der Waals surface area (Å²) in [5.41, 5.74) is 7.69. The van der Waals surface area contributed by atoms with Crippen molar-refractivity contribution in [3.05, 3.63) is 22.3 Å². The number of rotatable bonds is 2. The third kappa shape index (κ3) is 2.08. The molecule has 0 spiro atoms. The number of fused-ring (bicyclic) bond motifs is 1. The number of nitrogens with zero attached hydrogens (tertiary/aromatic N) is 3. The van der Waals surface area contributed by atoms with Crippen molar-refractivity contribution in [1.82, 2.24) is 15.0 Å². The molecule has 3 N–H and O–H groups in total. The van der Waals surface area contributed by atoms with E-state index in [2.05, 4.69) is 20.3 Å². The van der Waals surface area contributed by atoms with E-state index in [1.807, 2.05) is 13.0 Å². The first-order valence-electron chi connectivity index (χ1n) is 5.57. The smallest absolute Gasteiger partial charge is 0.222 e. The summed E-state index contributed by atoms with van der Waals surface area (Å²) in [5.74, 6) is 0.999. The number of aryl methyl sites for hydroxylation is 3. The number of anilines is 3. The van der Waals surface area contributed by atoms with E-state index in [9.17, 15) is 0 Å².